The van der Waals surface area contributed by atoms with Gasteiger partial charge in [0, 0.05) is 19.8 Å². The average molecular weight is 293 g/mol. The fraction of sp³-hybridized carbons (Fsp3) is 0.667. The minimum atomic E-state index is -0.0686. The maximum Gasteiger partial charge on any atom is 0.126 e. The molecule has 1 unspecified atom stereocenters. The van der Waals surface area contributed by atoms with Gasteiger partial charge in [0.2, 0.25) is 0 Å². The summed E-state index contributed by atoms with van der Waals surface area (Å²) >= 11 is 0. The molecule has 1 aromatic rings. The van der Waals surface area contributed by atoms with E-state index in [0.717, 1.165) is 51.1 Å². The van der Waals surface area contributed by atoms with Crippen LogP contribution in [0.1, 0.15) is 44.6 Å². The lowest BCUT2D eigenvalue weighted by Crippen LogP contribution is -2.28. The van der Waals surface area contributed by atoms with Crippen LogP contribution in [-0.4, -0.2) is 26.3 Å². The Balaban J connectivity index is 2.00. The molecule has 0 radical (unpaired) electrons. The van der Waals surface area contributed by atoms with Crippen molar-refractivity contribution in [1.82, 2.24) is 5.32 Å². The van der Waals surface area contributed by atoms with Gasteiger partial charge in [-0.3, -0.25) is 0 Å². The second kappa shape index (κ2) is 8.50. The highest BCUT2D eigenvalue weighted by Gasteiger charge is 2.22. The quantitative estimate of drug-likeness (QED) is 0.821. The summed E-state index contributed by atoms with van der Waals surface area (Å²) in [5, 5.41) is 3.50. The molecule has 0 saturated carbocycles. The molecule has 21 heavy (non-hydrogen) atoms. The zero-order chi connectivity index (χ0) is 15.1. The zero-order valence-electron chi connectivity index (χ0n) is 13.3. The van der Waals surface area contributed by atoms with Gasteiger partial charge in [0.05, 0.1) is 0 Å². The fourth-order valence-corrected chi connectivity index (χ4v) is 3.06. The molecule has 0 aliphatic carbocycles. The highest BCUT2D eigenvalue weighted by molar-refractivity contribution is 5.22. The maximum absolute atomic E-state index is 14.1. The summed E-state index contributed by atoms with van der Waals surface area (Å²) in [5.41, 5.74) is 0.861. The van der Waals surface area contributed by atoms with Gasteiger partial charge in [-0.15, -0.1) is 0 Å². The number of nitrogens with one attached hydrogen (secondary N) is 1. The van der Waals surface area contributed by atoms with Gasteiger partial charge in [-0.05, 0) is 55.2 Å². The van der Waals surface area contributed by atoms with Crippen LogP contribution in [0.3, 0.4) is 0 Å². The first-order chi connectivity index (χ1) is 10.2. The summed E-state index contributed by atoms with van der Waals surface area (Å²) in [7, 11) is 0. The summed E-state index contributed by atoms with van der Waals surface area (Å²) in [6.07, 6.45) is 3.26. The Morgan fingerprint density at radius 1 is 1.19 bits per heavy atom. The van der Waals surface area contributed by atoms with Gasteiger partial charge in [-0.1, -0.05) is 32.0 Å². The van der Waals surface area contributed by atoms with Gasteiger partial charge in [-0.2, -0.15) is 0 Å². The Bertz CT molecular complexity index is 415. The summed E-state index contributed by atoms with van der Waals surface area (Å²) in [5.74, 6) is 1.47. The van der Waals surface area contributed by atoms with Gasteiger partial charge in [0.1, 0.15) is 5.82 Å². The van der Waals surface area contributed by atoms with Crippen LogP contribution >= 0.6 is 0 Å². The third kappa shape index (κ3) is 5.40. The van der Waals surface area contributed by atoms with E-state index in [1.165, 1.54) is 0 Å². The highest BCUT2D eigenvalue weighted by atomic mass is 19.1. The molecule has 1 saturated heterocycles. The van der Waals surface area contributed by atoms with Crippen LogP contribution in [0.2, 0.25) is 0 Å². The number of hydrogen-bond acceptors (Lipinski definition) is 2. The van der Waals surface area contributed by atoms with Crippen molar-refractivity contribution in [2.45, 2.75) is 39.0 Å². The molecule has 0 amide bonds. The predicted molar refractivity (Wildman–Crippen MR) is 85.0 cm³/mol. The molecule has 1 atom stereocenters. The van der Waals surface area contributed by atoms with Crippen LogP contribution in [0, 0.1) is 17.7 Å². The topological polar surface area (TPSA) is 21.3 Å². The van der Waals surface area contributed by atoms with E-state index in [4.69, 9.17) is 4.74 Å². The molecule has 1 fully saturated rings. The van der Waals surface area contributed by atoms with Gasteiger partial charge in [-0.25, -0.2) is 4.39 Å². The van der Waals surface area contributed by atoms with Crippen molar-refractivity contribution in [3.05, 3.63) is 35.6 Å². The molecule has 3 heteroatoms. The molecule has 1 aromatic carbocycles. The molecule has 0 bridgehead atoms. The Morgan fingerprint density at radius 3 is 2.57 bits per heavy atom. The van der Waals surface area contributed by atoms with Crippen molar-refractivity contribution in [1.29, 1.82) is 0 Å². The standard InChI is InChI=1S/C18H28FNO/c1-14(2)12-20-13-16(11-15-7-9-21-10-8-15)17-5-3-4-6-18(17)19/h3-6,14-16,20H,7-13H2,1-2H3. The van der Waals surface area contributed by atoms with Crippen LogP contribution in [0.4, 0.5) is 4.39 Å². The van der Waals surface area contributed by atoms with Gasteiger partial charge < -0.3 is 10.1 Å². The number of halogens is 1. The SMILES string of the molecule is CC(C)CNCC(CC1CCOCC1)c1ccccc1F. The molecular formula is C18H28FNO. The lowest BCUT2D eigenvalue weighted by molar-refractivity contribution is 0.0615. The Kier molecular flexibility index (Phi) is 6.65. The Morgan fingerprint density at radius 2 is 1.90 bits per heavy atom. The van der Waals surface area contributed by atoms with Crippen LogP contribution in [-0.2, 0) is 4.74 Å². The van der Waals surface area contributed by atoms with E-state index in [9.17, 15) is 4.39 Å². The largest absolute Gasteiger partial charge is 0.381 e. The first-order valence-corrected chi connectivity index (χ1v) is 8.19. The first kappa shape index (κ1) is 16.4. The van der Waals surface area contributed by atoms with E-state index >= 15 is 0 Å². The van der Waals surface area contributed by atoms with E-state index in [1.54, 1.807) is 12.1 Å². The Labute approximate surface area is 128 Å². The molecule has 1 N–H and O–H groups in total. The lowest BCUT2D eigenvalue weighted by atomic mass is 9.84. The minimum absolute atomic E-state index is 0.0686. The van der Waals surface area contributed by atoms with E-state index in [2.05, 4.69) is 19.2 Å². The third-order valence-corrected chi connectivity index (χ3v) is 4.25. The second-order valence-corrected chi connectivity index (χ2v) is 6.56. The third-order valence-electron chi connectivity index (χ3n) is 4.25. The van der Waals surface area contributed by atoms with Crippen molar-refractivity contribution in [3.63, 3.8) is 0 Å². The first-order valence-electron chi connectivity index (χ1n) is 8.19. The Hall–Kier alpha value is -0.930. The zero-order valence-corrected chi connectivity index (χ0v) is 13.3. The number of rotatable bonds is 7. The number of benzene rings is 1. The number of hydrogen-bond donors (Lipinski definition) is 1. The molecule has 1 heterocycles. The van der Waals surface area contributed by atoms with Gasteiger partial charge in [0.15, 0.2) is 0 Å². The predicted octanol–water partition coefficient (Wildman–Crippen LogP) is 3.97. The monoisotopic (exact) mass is 293 g/mol. The smallest absolute Gasteiger partial charge is 0.126 e. The normalized spacial score (nSPS) is 18.1. The molecule has 1 aliphatic heterocycles. The van der Waals surface area contributed by atoms with Gasteiger partial charge in [0.25, 0.3) is 0 Å². The molecule has 0 spiro atoms. The molecule has 2 nitrogen and oxygen atoms in total. The van der Waals surface area contributed by atoms with Crippen molar-refractivity contribution >= 4 is 0 Å². The van der Waals surface area contributed by atoms with Crippen LogP contribution in [0.25, 0.3) is 0 Å². The average Bonchev–Trinajstić information content (AvgIpc) is 2.47. The summed E-state index contributed by atoms with van der Waals surface area (Å²) in [6, 6.07) is 7.23. The number of ether oxygens (including phenoxy) is 1. The van der Waals surface area contributed by atoms with Crippen LogP contribution < -0.4 is 5.32 Å². The van der Waals surface area contributed by atoms with Gasteiger partial charge >= 0.3 is 0 Å². The minimum Gasteiger partial charge on any atom is -0.381 e. The maximum atomic E-state index is 14.1. The highest BCUT2D eigenvalue weighted by Crippen LogP contribution is 2.30. The molecule has 1 aliphatic rings. The lowest BCUT2D eigenvalue weighted by Gasteiger charge is -2.27. The van der Waals surface area contributed by atoms with Crippen molar-refractivity contribution in [2.75, 3.05) is 26.3 Å². The van der Waals surface area contributed by atoms with Crippen molar-refractivity contribution < 1.29 is 9.13 Å². The van der Waals surface area contributed by atoms with E-state index in [-0.39, 0.29) is 11.7 Å². The van der Waals surface area contributed by atoms with Crippen LogP contribution in [0.15, 0.2) is 24.3 Å². The fourth-order valence-electron chi connectivity index (χ4n) is 3.06. The summed E-state index contributed by atoms with van der Waals surface area (Å²) < 4.78 is 19.6. The van der Waals surface area contributed by atoms with Crippen LogP contribution in [0.5, 0.6) is 0 Å². The van der Waals surface area contributed by atoms with E-state index < -0.39 is 0 Å². The van der Waals surface area contributed by atoms with Crippen molar-refractivity contribution in [3.8, 4) is 0 Å². The molecular weight excluding hydrogens is 265 g/mol. The molecule has 0 aromatic heterocycles. The summed E-state index contributed by atoms with van der Waals surface area (Å²) in [4.78, 5) is 0. The molecule has 2 rings (SSSR count). The molecule has 118 valence electrons. The second-order valence-electron chi connectivity index (χ2n) is 6.56. The van der Waals surface area contributed by atoms with E-state index in [1.807, 2.05) is 12.1 Å². The van der Waals surface area contributed by atoms with Crippen molar-refractivity contribution in [2.24, 2.45) is 11.8 Å². The van der Waals surface area contributed by atoms with E-state index in [0.29, 0.717) is 11.8 Å². The summed E-state index contributed by atoms with van der Waals surface area (Å²) in [6.45, 7) is 7.95.